The van der Waals surface area contributed by atoms with Crippen LogP contribution in [0.2, 0.25) is 5.02 Å². The van der Waals surface area contributed by atoms with Gasteiger partial charge >= 0.3 is 0 Å². The van der Waals surface area contributed by atoms with E-state index in [0.29, 0.717) is 11.3 Å². The van der Waals surface area contributed by atoms with E-state index in [4.69, 9.17) is 11.6 Å². The Morgan fingerprint density at radius 2 is 2.25 bits per heavy atom. The predicted octanol–water partition coefficient (Wildman–Crippen LogP) is 2.86. The van der Waals surface area contributed by atoms with E-state index in [1.165, 1.54) is 10.6 Å². The summed E-state index contributed by atoms with van der Waals surface area (Å²) in [6.45, 7) is 3.29. The first-order chi connectivity index (χ1) is 7.63. The average molecular weight is 257 g/mol. The molecule has 2 atom stereocenters. The Morgan fingerprint density at radius 3 is 2.94 bits per heavy atom. The summed E-state index contributed by atoms with van der Waals surface area (Å²) in [6.07, 6.45) is 0. The maximum absolute atomic E-state index is 6.04. The molecule has 1 aliphatic heterocycles. The topological polar surface area (TPSA) is 15.3 Å². The van der Waals surface area contributed by atoms with Crippen LogP contribution < -0.4 is 10.2 Å². The highest BCUT2D eigenvalue weighted by Gasteiger charge is 2.29. The van der Waals surface area contributed by atoms with E-state index in [1.54, 1.807) is 0 Å². The first kappa shape index (κ1) is 12.1. The second-order valence-corrected chi connectivity index (χ2v) is 5.89. The lowest BCUT2D eigenvalue weighted by atomic mass is 10.1. The van der Waals surface area contributed by atoms with Gasteiger partial charge in [-0.15, -0.1) is 11.8 Å². The Morgan fingerprint density at radius 1 is 1.50 bits per heavy atom. The van der Waals surface area contributed by atoms with Crippen molar-refractivity contribution < 1.29 is 0 Å². The third-order valence-corrected chi connectivity index (χ3v) is 4.83. The van der Waals surface area contributed by atoms with Crippen LogP contribution in [0.25, 0.3) is 0 Å². The Balaban J connectivity index is 2.32. The van der Waals surface area contributed by atoms with Crippen molar-refractivity contribution >= 4 is 29.1 Å². The van der Waals surface area contributed by atoms with Gasteiger partial charge in [-0.1, -0.05) is 11.6 Å². The number of hydrogen-bond acceptors (Lipinski definition) is 3. The van der Waals surface area contributed by atoms with E-state index >= 15 is 0 Å². The minimum atomic E-state index is 0.517. The zero-order valence-corrected chi connectivity index (χ0v) is 11.4. The Hall–Kier alpha value is -0.380. The standard InChI is InChI=1S/C12H17ClN2S/c1-8-12(7-14-2)16-11-5-4-9(13)6-10(11)15(8)3/h4-6,8,12,14H,7H2,1-3H3. The van der Waals surface area contributed by atoms with Gasteiger partial charge in [-0.05, 0) is 32.2 Å². The summed E-state index contributed by atoms with van der Waals surface area (Å²) in [7, 11) is 4.15. The first-order valence-corrected chi connectivity index (χ1v) is 6.73. The molecule has 1 aliphatic rings. The molecule has 0 radical (unpaired) electrons. The summed E-state index contributed by atoms with van der Waals surface area (Å²) in [4.78, 5) is 3.64. The van der Waals surface area contributed by atoms with Crippen molar-refractivity contribution in [2.24, 2.45) is 0 Å². The van der Waals surface area contributed by atoms with Crippen LogP contribution >= 0.6 is 23.4 Å². The number of fused-ring (bicyclic) bond motifs is 1. The van der Waals surface area contributed by atoms with Crippen LogP contribution in [0.4, 0.5) is 5.69 Å². The van der Waals surface area contributed by atoms with E-state index in [0.717, 1.165) is 11.6 Å². The molecule has 1 aromatic carbocycles. The maximum atomic E-state index is 6.04. The number of halogens is 1. The molecule has 4 heteroatoms. The van der Waals surface area contributed by atoms with Gasteiger partial charge in [0.05, 0.1) is 5.69 Å². The molecular formula is C12H17ClN2S. The summed E-state index contributed by atoms with van der Waals surface area (Å²) < 4.78 is 0. The predicted molar refractivity (Wildman–Crippen MR) is 72.9 cm³/mol. The van der Waals surface area contributed by atoms with E-state index in [-0.39, 0.29) is 0 Å². The van der Waals surface area contributed by atoms with Crippen molar-refractivity contribution in [3.8, 4) is 0 Å². The molecule has 0 aliphatic carbocycles. The number of hydrogen-bond donors (Lipinski definition) is 1. The fraction of sp³-hybridized carbons (Fsp3) is 0.500. The molecule has 2 rings (SSSR count). The van der Waals surface area contributed by atoms with Crippen LogP contribution in [0, 0.1) is 0 Å². The van der Waals surface area contributed by atoms with E-state index in [9.17, 15) is 0 Å². The molecule has 2 nitrogen and oxygen atoms in total. The highest BCUT2D eigenvalue weighted by molar-refractivity contribution is 8.00. The number of anilines is 1. The van der Waals surface area contributed by atoms with Crippen molar-refractivity contribution in [2.45, 2.75) is 23.1 Å². The van der Waals surface area contributed by atoms with E-state index in [1.807, 2.05) is 24.9 Å². The van der Waals surface area contributed by atoms with Gasteiger partial charge in [0, 0.05) is 34.8 Å². The van der Waals surface area contributed by atoms with E-state index < -0.39 is 0 Å². The molecule has 0 spiro atoms. The zero-order chi connectivity index (χ0) is 11.7. The SMILES string of the molecule is CNCC1Sc2ccc(Cl)cc2N(C)C1C. The normalized spacial score (nSPS) is 24.4. The zero-order valence-electron chi connectivity index (χ0n) is 9.83. The fourth-order valence-corrected chi connectivity index (χ4v) is 3.60. The van der Waals surface area contributed by atoms with Gasteiger partial charge in [0.2, 0.25) is 0 Å². The highest BCUT2D eigenvalue weighted by Crippen LogP contribution is 2.41. The summed E-state index contributed by atoms with van der Waals surface area (Å²) in [6, 6.07) is 6.65. The molecule has 88 valence electrons. The van der Waals surface area contributed by atoms with Crippen molar-refractivity contribution in [2.75, 3.05) is 25.5 Å². The lowest BCUT2D eigenvalue weighted by molar-refractivity contribution is 0.603. The van der Waals surface area contributed by atoms with Crippen LogP contribution in [-0.2, 0) is 0 Å². The number of rotatable bonds is 2. The van der Waals surface area contributed by atoms with Crippen LogP contribution in [0.15, 0.2) is 23.1 Å². The van der Waals surface area contributed by atoms with Crippen LogP contribution in [0.3, 0.4) is 0 Å². The molecular weight excluding hydrogens is 240 g/mol. The smallest absolute Gasteiger partial charge is 0.0519 e. The summed E-state index contributed by atoms with van der Waals surface area (Å²) in [5.74, 6) is 0. The van der Waals surface area contributed by atoms with Crippen molar-refractivity contribution in [1.82, 2.24) is 5.32 Å². The second-order valence-electron chi connectivity index (χ2n) is 4.18. The molecule has 0 saturated carbocycles. The monoisotopic (exact) mass is 256 g/mol. The van der Waals surface area contributed by atoms with Crippen LogP contribution in [-0.4, -0.2) is 31.9 Å². The Bertz CT molecular complexity index is 383. The van der Waals surface area contributed by atoms with Crippen molar-refractivity contribution in [3.05, 3.63) is 23.2 Å². The first-order valence-electron chi connectivity index (χ1n) is 5.47. The number of thioether (sulfide) groups is 1. The number of nitrogens with zero attached hydrogens (tertiary/aromatic N) is 1. The quantitative estimate of drug-likeness (QED) is 0.876. The molecule has 0 amide bonds. The van der Waals surface area contributed by atoms with Gasteiger partial charge in [0.1, 0.15) is 0 Å². The Labute approximate surface area is 106 Å². The summed E-state index contributed by atoms with van der Waals surface area (Å²) >= 11 is 7.98. The number of benzene rings is 1. The third kappa shape index (κ3) is 2.17. The molecule has 16 heavy (non-hydrogen) atoms. The minimum Gasteiger partial charge on any atom is -0.370 e. The lowest BCUT2D eigenvalue weighted by Crippen LogP contribution is -2.44. The van der Waals surface area contributed by atoms with Crippen LogP contribution in [0.1, 0.15) is 6.92 Å². The minimum absolute atomic E-state index is 0.517. The second kappa shape index (κ2) is 4.86. The summed E-state index contributed by atoms with van der Waals surface area (Å²) in [5.41, 5.74) is 1.25. The van der Waals surface area contributed by atoms with Crippen molar-refractivity contribution in [1.29, 1.82) is 0 Å². The Kier molecular flexibility index (Phi) is 3.67. The number of nitrogens with one attached hydrogen (secondary N) is 1. The van der Waals surface area contributed by atoms with Gasteiger partial charge < -0.3 is 10.2 Å². The van der Waals surface area contributed by atoms with Crippen molar-refractivity contribution in [3.63, 3.8) is 0 Å². The maximum Gasteiger partial charge on any atom is 0.0519 e. The molecule has 0 aromatic heterocycles. The molecule has 1 aromatic rings. The third-order valence-electron chi connectivity index (χ3n) is 3.13. The summed E-state index contributed by atoms with van der Waals surface area (Å²) in [5, 5.41) is 4.65. The van der Waals surface area contributed by atoms with Gasteiger partial charge in [0.15, 0.2) is 0 Å². The molecule has 2 unspecified atom stereocenters. The fourth-order valence-electron chi connectivity index (χ4n) is 2.01. The van der Waals surface area contributed by atoms with Gasteiger partial charge in [-0.3, -0.25) is 0 Å². The van der Waals surface area contributed by atoms with E-state index in [2.05, 4.69) is 36.3 Å². The van der Waals surface area contributed by atoms with Gasteiger partial charge in [-0.2, -0.15) is 0 Å². The molecule has 0 bridgehead atoms. The van der Waals surface area contributed by atoms with Gasteiger partial charge in [-0.25, -0.2) is 0 Å². The van der Waals surface area contributed by atoms with Crippen LogP contribution in [0.5, 0.6) is 0 Å². The molecule has 0 fully saturated rings. The highest BCUT2D eigenvalue weighted by atomic mass is 35.5. The lowest BCUT2D eigenvalue weighted by Gasteiger charge is -2.39. The van der Waals surface area contributed by atoms with Gasteiger partial charge in [0.25, 0.3) is 0 Å². The average Bonchev–Trinajstić information content (AvgIpc) is 2.27. The largest absolute Gasteiger partial charge is 0.370 e. The molecule has 0 saturated heterocycles. The molecule has 1 heterocycles. The molecule has 1 N–H and O–H groups in total.